The fourth-order valence-corrected chi connectivity index (χ4v) is 4.99. The van der Waals surface area contributed by atoms with E-state index < -0.39 is 12.0 Å². The molecule has 0 radical (unpaired) electrons. The normalized spacial score (nSPS) is 25.4. The Hall–Kier alpha value is -1.10. The van der Waals surface area contributed by atoms with Crippen molar-refractivity contribution in [2.24, 2.45) is 5.73 Å². The second-order valence-electron chi connectivity index (χ2n) is 4.19. The number of hydrogen-bond donors (Lipinski definition) is 2. The van der Waals surface area contributed by atoms with E-state index in [0.29, 0.717) is 11.5 Å². The molecule has 1 saturated heterocycles. The van der Waals surface area contributed by atoms with Gasteiger partial charge in [0.15, 0.2) is 4.34 Å². The van der Waals surface area contributed by atoms with E-state index in [1.54, 1.807) is 5.51 Å². The summed E-state index contributed by atoms with van der Waals surface area (Å²) in [6.07, 6.45) is 0. The van der Waals surface area contributed by atoms with E-state index in [0.717, 1.165) is 9.91 Å². The summed E-state index contributed by atoms with van der Waals surface area (Å²) in [4.78, 5) is 24.5. The lowest BCUT2D eigenvalue weighted by Gasteiger charge is -2.48. The Bertz CT molecular complexity index is 589. The third kappa shape index (κ3) is 2.22. The third-order valence-corrected chi connectivity index (χ3v) is 6.31. The Balaban J connectivity index is 1.82. The number of aromatic nitrogens is 2. The molecule has 0 unspecified atom stereocenters. The summed E-state index contributed by atoms with van der Waals surface area (Å²) in [5, 5.41) is 16.7. The molecule has 1 fully saturated rings. The van der Waals surface area contributed by atoms with Crippen molar-refractivity contribution in [3.63, 3.8) is 0 Å². The van der Waals surface area contributed by atoms with Gasteiger partial charge in [-0.1, -0.05) is 23.1 Å². The number of carboxylic acids is 1. The number of aliphatic carboxylic acids is 1. The molecule has 3 N–H and O–H groups in total. The number of fused-ring (bicyclic) bond motifs is 1. The van der Waals surface area contributed by atoms with Gasteiger partial charge >= 0.3 is 5.97 Å². The van der Waals surface area contributed by atoms with Crippen molar-refractivity contribution in [3.05, 3.63) is 16.8 Å². The Morgan fingerprint density at radius 2 is 2.45 bits per heavy atom. The topological polar surface area (TPSA) is 109 Å². The molecule has 1 amide bonds. The number of thioether (sulfide) groups is 2. The molecule has 3 heterocycles. The van der Waals surface area contributed by atoms with Crippen LogP contribution in [0.25, 0.3) is 0 Å². The van der Waals surface area contributed by atoms with Crippen LogP contribution >= 0.6 is 34.9 Å². The summed E-state index contributed by atoms with van der Waals surface area (Å²) in [6.45, 7) is 0. The van der Waals surface area contributed by atoms with Crippen LogP contribution in [0.15, 0.2) is 21.1 Å². The summed E-state index contributed by atoms with van der Waals surface area (Å²) in [5.74, 6) is -0.355. The summed E-state index contributed by atoms with van der Waals surface area (Å²) in [7, 11) is 0. The molecule has 3 rings (SSSR count). The Kier molecular flexibility index (Phi) is 3.71. The molecule has 0 aliphatic carbocycles. The molecule has 2 aliphatic rings. The molecule has 0 spiro atoms. The van der Waals surface area contributed by atoms with Crippen LogP contribution in [0.4, 0.5) is 0 Å². The smallest absolute Gasteiger partial charge is 0.352 e. The maximum absolute atomic E-state index is 11.8. The maximum atomic E-state index is 11.8. The molecule has 10 heteroatoms. The Morgan fingerprint density at radius 3 is 3.10 bits per heavy atom. The molecular formula is C10H10N4O3S3. The summed E-state index contributed by atoms with van der Waals surface area (Å²) in [5.41, 5.74) is 8.11. The van der Waals surface area contributed by atoms with Gasteiger partial charge in [-0.15, -0.1) is 22.0 Å². The van der Waals surface area contributed by atoms with Crippen LogP contribution in [-0.2, 0) is 9.59 Å². The first-order valence-electron chi connectivity index (χ1n) is 5.64. The average Bonchev–Trinajstić information content (AvgIpc) is 2.96. The van der Waals surface area contributed by atoms with E-state index in [9.17, 15) is 14.7 Å². The lowest BCUT2D eigenvalue weighted by atomic mass is 10.0. The van der Waals surface area contributed by atoms with Crippen molar-refractivity contribution in [1.29, 1.82) is 0 Å². The third-order valence-electron chi connectivity index (χ3n) is 3.00. The molecule has 2 aliphatic heterocycles. The summed E-state index contributed by atoms with van der Waals surface area (Å²) in [6, 6.07) is -0.591. The van der Waals surface area contributed by atoms with Crippen LogP contribution in [-0.4, -0.2) is 55.0 Å². The first-order valence-corrected chi connectivity index (χ1v) is 8.55. The number of β-lactam (4-membered cyclic amide) rings is 1. The summed E-state index contributed by atoms with van der Waals surface area (Å²) < 4.78 is 0.779. The monoisotopic (exact) mass is 330 g/mol. The standard InChI is InChI=1S/C10H10N4O3S3/c11-5-7(15)14-6(9(16)17)4(1-18-8(5)14)2-19-10-13-12-3-20-10/h3,5,8H,1-2,11H2,(H,16,17)/t5-,8-/m1/s1. The van der Waals surface area contributed by atoms with Crippen molar-refractivity contribution >= 4 is 46.7 Å². The first-order chi connectivity index (χ1) is 9.59. The zero-order valence-corrected chi connectivity index (χ0v) is 12.5. The van der Waals surface area contributed by atoms with E-state index in [1.807, 2.05) is 0 Å². The number of amides is 1. The minimum absolute atomic E-state index is 0.0810. The van der Waals surface area contributed by atoms with Gasteiger partial charge in [-0.25, -0.2) is 4.79 Å². The Morgan fingerprint density at radius 1 is 1.65 bits per heavy atom. The van der Waals surface area contributed by atoms with Crippen molar-refractivity contribution in [3.8, 4) is 0 Å². The molecule has 0 saturated carbocycles. The molecule has 106 valence electrons. The highest BCUT2D eigenvalue weighted by atomic mass is 32.2. The van der Waals surface area contributed by atoms with Crippen LogP contribution in [0, 0.1) is 0 Å². The predicted octanol–water partition coefficient (Wildman–Crippen LogP) is 0.211. The van der Waals surface area contributed by atoms with E-state index in [1.165, 1.54) is 39.8 Å². The van der Waals surface area contributed by atoms with E-state index in [4.69, 9.17) is 5.73 Å². The van der Waals surface area contributed by atoms with Gasteiger partial charge in [0.25, 0.3) is 0 Å². The van der Waals surface area contributed by atoms with Gasteiger partial charge in [-0.2, -0.15) is 0 Å². The number of carboxylic acid groups (broad SMARTS) is 1. The van der Waals surface area contributed by atoms with Gasteiger partial charge in [-0.05, 0) is 5.57 Å². The highest BCUT2D eigenvalue weighted by Crippen LogP contribution is 2.40. The van der Waals surface area contributed by atoms with E-state index in [-0.39, 0.29) is 17.0 Å². The lowest BCUT2D eigenvalue weighted by molar-refractivity contribution is -0.147. The average molecular weight is 330 g/mol. The number of nitrogens with two attached hydrogens (primary N) is 1. The minimum Gasteiger partial charge on any atom is -0.477 e. The highest BCUT2D eigenvalue weighted by molar-refractivity contribution is 8.01. The first kappa shape index (κ1) is 13.9. The molecule has 0 aromatic carbocycles. The molecule has 2 atom stereocenters. The highest BCUT2D eigenvalue weighted by Gasteiger charge is 2.51. The fourth-order valence-electron chi connectivity index (χ4n) is 2.07. The van der Waals surface area contributed by atoms with E-state index in [2.05, 4.69) is 10.2 Å². The van der Waals surface area contributed by atoms with Gasteiger partial charge in [0.2, 0.25) is 5.91 Å². The van der Waals surface area contributed by atoms with Gasteiger partial charge in [0, 0.05) is 11.5 Å². The molecule has 20 heavy (non-hydrogen) atoms. The van der Waals surface area contributed by atoms with Crippen molar-refractivity contribution in [1.82, 2.24) is 15.1 Å². The number of nitrogens with zero attached hydrogens (tertiary/aromatic N) is 3. The Labute approximate surface area is 126 Å². The largest absolute Gasteiger partial charge is 0.477 e. The number of carbonyl (C=O) groups excluding carboxylic acids is 1. The molecule has 1 aromatic heterocycles. The van der Waals surface area contributed by atoms with E-state index >= 15 is 0 Å². The quantitative estimate of drug-likeness (QED) is 0.596. The fraction of sp³-hybridized carbons (Fsp3) is 0.400. The van der Waals surface area contributed by atoms with Gasteiger partial charge in [0.1, 0.15) is 22.6 Å². The van der Waals surface area contributed by atoms with Crippen LogP contribution < -0.4 is 5.73 Å². The number of rotatable bonds is 4. The molecule has 1 aromatic rings. The van der Waals surface area contributed by atoms with Crippen LogP contribution in [0.5, 0.6) is 0 Å². The molecular weight excluding hydrogens is 320 g/mol. The zero-order chi connectivity index (χ0) is 14.3. The number of carbonyl (C=O) groups is 2. The van der Waals surface area contributed by atoms with Crippen LogP contribution in [0.3, 0.4) is 0 Å². The van der Waals surface area contributed by atoms with Crippen LogP contribution in [0.1, 0.15) is 0 Å². The zero-order valence-electron chi connectivity index (χ0n) is 10.1. The minimum atomic E-state index is -1.08. The van der Waals surface area contributed by atoms with Crippen LogP contribution in [0.2, 0.25) is 0 Å². The van der Waals surface area contributed by atoms with Gasteiger partial charge in [0.05, 0.1) is 0 Å². The van der Waals surface area contributed by atoms with Gasteiger partial charge < -0.3 is 10.8 Å². The molecule has 0 bridgehead atoms. The van der Waals surface area contributed by atoms with Crippen molar-refractivity contribution in [2.75, 3.05) is 11.5 Å². The second-order valence-corrected chi connectivity index (χ2v) is 7.35. The lowest BCUT2D eigenvalue weighted by Crippen LogP contribution is -2.68. The van der Waals surface area contributed by atoms with Gasteiger partial charge in [-0.3, -0.25) is 9.69 Å². The summed E-state index contributed by atoms with van der Waals surface area (Å²) >= 11 is 4.33. The van der Waals surface area contributed by atoms with Crippen molar-refractivity contribution < 1.29 is 14.7 Å². The number of hydrogen-bond acceptors (Lipinski definition) is 8. The predicted molar refractivity (Wildman–Crippen MR) is 76.4 cm³/mol. The molecule has 7 nitrogen and oxygen atoms in total. The van der Waals surface area contributed by atoms with Crippen molar-refractivity contribution in [2.45, 2.75) is 15.8 Å². The SMILES string of the molecule is N[C@@H]1C(=O)N2C(C(=O)O)=C(CSc3nncs3)CS[C@H]12. The maximum Gasteiger partial charge on any atom is 0.352 e. The second kappa shape index (κ2) is 5.35.